The SMILES string of the molecule is CCCCN(C#N)C(=O)C(C)Oc1ccc(Oc2ncc(Cl)cc2F)cc1. The molecule has 0 saturated heterocycles. The van der Waals surface area contributed by atoms with E-state index in [9.17, 15) is 9.18 Å². The smallest absolute Gasteiger partial charge is 0.276 e. The van der Waals surface area contributed by atoms with Crippen molar-refractivity contribution in [2.24, 2.45) is 0 Å². The second kappa shape index (κ2) is 9.74. The summed E-state index contributed by atoms with van der Waals surface area (Å²) in [6, 6.07) is 7.38. The number of aromatic nitrogens is 1. The molecule has 1 heterocycles. The molecule has 2 aromatic rings. The summed E-state index contributed by atoms with van der Waals surface area (Å²) in [6.07, 6.45) is 3.97. The highest BCUT2D eigenvalue weighted by Crippen LogP contribution is 2.26. The third-order valence-corrected chi connectivity index (χ3v) is 3.80. The molecule has 0 aliphatic heterocycles. The summed E-state index contributed by atoms with van der Waals surface area (Å²) >= 11 is 5.65. The summed E-state index contributed by atoms with van der Waals surface area (Å²) in [5, 5.41) is 9.27. The Bertz CT molecular complexity index is 824. The fourth-order valence-corrected chi connectivity index (χ4v) is 2.32. The summed E-state index contributed by atoms with van der Waals surface area (Å²) in [5.41, 5.74) is 0. The zero-order valence-corrected chi connectivity index (χ0v) is 15.7. The third-order valence-electron chi connectivity index (χ3n) is 3.59. The number of unbranched alkanes of at least 4 members (excludes halogenated alkanes) is 1. The maximum absolute atomic E-state index is 13.7. The minimum absolute atomic E-state index is 0.174. The zero-order valence-electron chi connectivity index (χ0n) is 15.0. The lowest BCUT2D eigenvalue weighted by Gasteiger charge is -2.19. The van der Waals surface area contributed by atoms with E-state index in [2.05, 4.69) is 4.98 Å². The molecule has 0 fully saturated rings. The molecule has 1 aromatic carbocycles. The van der Waals surface area contributed by atoms with Crippen LogP contribution in [0.1, 0.15) is 26.7 Å². The van der Waals surface area contributed by atoms with Crippen LogP contribution in [0.15, 0.2) is 36.5 Å². The van der Waals surface area contributed by atoms with Gasteiger partial charge >= 0.3 is 0 Å². The highest BCUT2D eigenvalue weighted by Gasteiger charge is 2.21. The van der Waals surface area contributed by atoms with Gasteiger partial charge in [-0.2, -0.15) is 5.26 Å². The highest BCUT2D eigenvalue weighted by atomic mass is 35.5. The van der Waals surface area contributed by atoms with Crippen LogP contribution in [0.2, 0.25) is 5.02 Å². The van der Waals surface area contributed by atoms with Gasteiger partial charge in [-0.3, -0.25) is 4.79 Å². The van der Waals surface area contributed by atoms with E-state index < -0.39 is 17.8 Å². The van der Waals surface area contributed by atoms with E-state index in [1.165, 1.54) is 6.20 Å². The lowest BCUT2D eigenvalue weighted by molar-refractivity contribution is -0.134. The molecule has 6 nitrogen and oxygen atoms in total. The maximum atomic E-state index is 13.7. The van der Waals surface area contributed by atoms with Crippen molar-refractivity contribution in [2.45, 2.75) is 32.8 Å². The molecule has 1 atom stereocenters. The van der Waals surface area contributed by atoms with Crippen LogP contribution in [0.5, 0.6) is 17.4 Å². The van der Waals surface area contributed by atoms with Gasteiger partial charge in [-0.25, -0.2) is 14.3 Å². The predicted octanol–water partition coefficient (Wildman–Crippen LogP) is 4.54. The summed E-state index contributed by atoms with van der Waals surface area (Å²) in [6.45, 7) is 3.93. The van der Waals surface area contributed by atoms with Gasteiger partial charge in [0.1, 0.15) is 11.5 Å². The van der Waals surface area contributed by atoms with E-state index in [0.717, 1.165) is 23.8 Å². The summed E-state index contributed by atoms with van der Waals surface area (Å²) in [5.74, 6) is -0.514. The van der Waals surface area contributed by atoms with Gasteiger partial charge in [0.15, 0.2) is 18.1 Å². The first-order valence-electron chi connectivity index (χ1n) is 8.41. The van der Waals surface area contributed by atoms with E-state index in [0.29, 0.717) is 18.0 Å². The Balaban J connectivity index is 1.98. The number of rotatable bonds is 8. The Labute approximate surface area is 162 Å². The molecular formula is C19H19ClFN3O3. The van der Waals surface area contributed by atoms with Crippen LogP contribution in [0.3, 0.4) is 0 Å². The quantitative estimate of drug-likeness (QED) is 0.487. The molecule has 2 rings (SSSR count). The Kier molecular flexibility index (Phi) is 7.38. The van der Waals surface area contributed by atoms with E-state index in [1.54, 1.807) is 31.2 Å². The van der Waals surface area contributed by atoms with Crippen LogP contribution < -0.4 is 9.47 Å². The van der Waals surface area contributed by atoms with Crippen molar-refractivity contribution in [3.63, 3.8) is 0 Å². The number of carbonyl (C=O) groups excluding carboxylic acids is 1. The summed E-state index contributed by atoms with van der Waals surface area (Å²) in [7, 11) is 0. The van der Waals surface area contributed by atoms with E-state index in [4.69, 9.17) is 26.3 Å². The second-order valence-electron chi connectivity index (χ2n) is 5.72. The van der Waals surface area contributed by atoms with E-state index >= 15 is 0 Å². The molecular weight excluding hydrogens is 373 g/mol. The molecule has 1 unspecified atom stereocenters. The number of carbonyl (C=O) groups is 1. The summed E-state index contributed by atoms with van der Waals surface area (Å²) < 4.78 is 24.6. The van der Waals surface area contributed by atoms with Crippen LogP contribution >= 0.6 is 11.6 Å². The number of pyridine rings is 1. The number of ether oxygens (including phenoxy) is 2. The number of nitrogens with zero attached hydrogens (tertiary/aromatic N) is 3. The van der Waals surface area contributed by atoms with Crippen molar-refractivity contribution >= 4 is 17.5 Å². The second-order valence-corrected chi connectivity index (χ2v) is 6.15. The molecule has 0 N–H and O–H groups in total. The Morgan fingerprint density at radius 3 is 2.63 bits per heavy atom. The van der Waals surface area contributed by atoms with Crippen molar-refractivity contribution in [1.82, 2.24) is 9.88 Å². The Hall–Kier alpha value is -2.85. The largest absolute Gasteiger partial charge is 0.481 e. The van der Waals surface area contributed by atoms with Gasteiger partial charge in [0.05, 0.1) is 5.02 Å². The minimum atomic E-state index is -0.816. The van der Waals surface area contributed by atoms with Gasteiger partial charge < -0.3 is 9.47 Å². The topological polar surface area (TPSA) is 75.5 Å². The predicted molar refractivity (Wildman–Crippen MR) is 98.0 cm³/mol. The van der Waals surface area contributed by atoms with Crippen molar-refractivity contribution in [2.75, 3.05) is 6.54 Å². The average Bonchev–Trinajstić information content (AvgIpc) is 2.66. The van der Waals surface area contributed by atoms with Crippen molar-refractivity contribution < 1.29 is 18.7 Å². The monoisotopic (exact) mass is 391 g/mol. The van der Waals surface area contributed by atoms with Gasteiger partial charge in [-0.15, -0.1) is 0 Å². The van der Waals surface area contributed by atoms with Crippen LogP contribution in [0, 0.1) is 17.3 Å². The van der Waals surface area contributed by atoms with Gasteiger partial charge in [0, 0.05) is 12.7 Å². The lowest BCUT2D eigenvalue weighted by atomic mass is 10.2. The van der Waals surface area contributed by atoms with Crippen LogP contribution in [-0.4, -0.2) is 28.4 Å². The van der Waals surface area contributed by atoms with Crippen LogP contribution in [-0.2, 0) is 4.79 Å². The maximum Gasteiger partial charge on any atom is 0.276 e. The normalized spacial score (nSPS) is 11.4. The molecule has 0 spiro atoms. The van der Waals surface area contributed by atoms with Gasteiger partial charge in [0.25, 0.3) is 11.8 Å². The zero-order chi connectivity index (χ0) is 19.8. The Morgan fingerprint density at radius 1 is 1.37 bits per heavy atom. The van der Waals surface area contributed by atoms with Crippen LogP contribution in [0.25, 0.3) is 0 Å². The molecule has 0 bridgehead atoms. The first-order valence-corrected chi connectivity index (χ1v) is 8.79. The van der Waals surface area contributed by atoms with Gasteiger partial charge in [0.2, 0.25) is 0 Å². The number of hydrogen-bond acceptors (Lipinski definition) is 5. The molecule has 1 amide bonds. The third kappa shape index (κ3) is 5.83. The number of halogens is 2. The number of nitriles is 1. The average molecular weight is 392 g/mol. The first-order chi connectivity index (χ1) is 12.9. The molecule has 0 aliphatic carbocycles. The molecule has 1 aromatic heterocycles. The fourth-order valence-electron chi connectivity index (χ4n) is 2.17. The molecule has 0 aliphatic rings. The number of hydrogen-bond donors (Lipinski definition) is 0. The molecule has 0 radical (unpaired) electrons. The van der Waals surface area contributed by atoms with E-state index in [-0.39, 0.29) is 10.9 Å². The molecule has 142 valence electrons. The molecule has 8 heteroatoms. The number of benzene rings is 1. The molecule has 27 heavy (non-hydrogen) atoms. The molecule has 0 saturated carbocycles. The standard InChI is InChI=1S/C19H19ClFN3O3/c1-3-4-9-24(12-22)19(25)13(2)26-15-5-7-16(8-6-15)27-18-17(21)10-14(20)11-23-18/h5-8,10-11,13H,3-4,9H2,1-2H3. The first kappa shape index (κ1) is 20.5. The van der Waals surface area contributed by atoms with Gasteiger partial charge in [-0.05, 0) is 43.7 Å². The van der Waals surface area contributed by atoms with E-state index in [1.807, 2.05) is 13.1 Å². The van der Waals surface area contributed by atoms with Gasteiger partial charge in [-0.1, -0.05) is 24.9 Å². The highest BCUT2D eigenvalue weighted by molar-refractivity contribution is 6.30. The lowest BCUT2D eigenvalue weighted by Crippen LogP contribution is -2.38. The van der Waals surface area contributed by atoms with Crippen LogP contribution in [0.4, 0.5) is 4.39 Å². The van der Waals surface area contributed by atoms with Crippen molar-refractivity contribution in [3.05, 3.63) is 47.4 Å². The fraction of sp³-hybridized carbons (Fsp3) is 0.316. The summed E-state index contributed by atoms with van der Waals surface area (Å²) in [4.78, 5) is 17.1. The minimum Gasteiger partial charge on any atom is -0.481 e. The van der Waals surface area contributed by atoms with Crippen molar-refractivity contribution in [1.29, 1.82) is 5.26 Å². The number of amides is 1. The Morgan fingerprint density at radius 2 is 2.04 bits per heavy atom. The van der Waals surface area contributed by atoms with Crippen molar-refractivity contribution in [3.8, 4) is 23.6 Å².